The number of halogens is 2. The monoisotopic (exact) mass is 315 g/mol. The molecule has 0 bridgehead atoms. The number of rotatable bonds is 1. The first-order valence-electron chi connectivity index (χ1n) is 2.71. The molecule has 7 heteroatoms. The first-order chi connectivity index (χ1) is 5.41. The molecule has 0 aromatic carbocycles. The Hall–Kier alpha value is 0.0200. The zero-order chi connectivity index (χ0) is 9.35. The number of pyridine rings is 1. The molecule has 0 aliphatic rings. The van der Waals surface area contributed by atoms with E-state index in [4.69, 9.17) is 4.55 Å². The molecule has 1 aromatic rings. The molecule has 1 heterocycles. The van der Waals surface area contributed by atoms with Gasteiger partial charge in [-0.25, -0.2) is 4.98 Å². The van der Waals surface area contributed by atoms with Crippen molar-refractivity contribution in [3.05, 3.63) is 21.3 Å². The summed E-state index contributed by atoms with van der Waals surface area (Å²) in [7, 11) is -4.18. The highest BCUT2D eigenvalue weighted by Gasteiger charge is 2.14. The molecule has 0 atom stereocenters. The summed E-state index contributed by atoms with van der Waals surface area (Å²) in [4.78, 5) is 3.49. The molecule has 66 valence electrons. The van der Waals surface area contributed by atoms with Crippen LogP contribution in [0.3, 0.4) is 0 Å². The van der Waals surface area contributed by atoms with E-state index in [1.807, 2.05) is 0 Å². The lowest BCUT2D eigenvalue weighted by atomic mass is 10.5. The number of nitrogens with zero attached hydrogens (tertiary/aromatic N) is 1. The summed E-state index contributed by atoms with van der Waals surface area (Å²) in [5, 5.41) is 0. The van der Waals surface area contributed by atoms with Crippen LogP contribution in [0.15, 0.2) is 26.2 Å². The Morgan fingerprint density at radius 3 is 2.33 bits per heavy atom. The van der Waals surface area contributed by atoms with E-state index < -0.39 is 10.1 Å². The van der Waals surface area contributed by atoms with E-state index in [0.717, 1.165) is 0 Å². The molecule has 0 radical (unpaired) electrons. The van der Waals surface area contributed by atoms with E-state index in [9.17, 15) is 8.42 Å². The summed E-state index contributed by atoms with van der Waals surface area (Å²) in [6.07, 6.45) is 0. The Bertz CT molecular complexity index is 403. The lowest BCUT2D eigenvalue weighted by molar-refractivity contribution is 0.482. The molecule has 0 saturated heterocycles. The van der Waals surface area contributed by atoms with Crippen LogP contribution in [0.1, 0.15) is 0 Å². The molecule has 12 heavy (non-hydrogen) atoms. The van der Waals surface area contributed by atoms with E-state index in [0.29, 0.717) is 4.60 Å². The van der Waals surface area contributed by atoms with Crippen molar-refractivity contribution < 1.29 is 13.0 Å². The predicted molar refractivity (Wildman–Crippen MR) is 49.5 cm³/mol. The van der Waals surface area contributed by atoms with Gasteiger partial charge in [-0.2, -0.15) is 8.42 Å². The lowest BCUT2D eigenvalue weighted by Crippen LogP contribution is -2.00. The fourth-order valence-electron chi connectivity index (χ4n) is 0.592. The van der Waals surface area contributed by atoms with Crippen molar-refractivity contribution in [2.24, 2.45) is 0 Å². The Balaban J connectivity index is 3.39. The maximum absolute atomic E-state index is 10.6. The van der Waals surface area contributed by atoms with Gasteiger partial charge in [0.25, 0.3) is 10.1 Å². The number of aromatic nitrogens is 1. The van der Waals surface area contributed by atoms with Gasteiger partial charge in [0, 0.05) is 0 Å². The highest BCUT2D eigenvalue weighted by molar-refractivity contribution is 9.11. The standard InChI is InChI=1S/C5H3Br2NO3S/c6-4-2-1-3(5(7)8-4)12(9,10)11/h1-2H,(H,9,10,11). The fraction of sp³-hybridized carbons (Fsp3) is 0. The summed E-state index contributed by atoms with van der Waals surface area (Å²) in [5.41, 5.74) is 0. The predicted octanol–water partition coefficient (Wildman–Crippen LogP) is 1.85. The van der Waals surface area contributed by atoms with Crippen LogP contribution in [-0.4, -0.2) is 18.0 Å². The third-order valence-corrected chi connectivity index (χ3v) is 3.25. The topological polar surface area (TPSA) is 67.3 Å². The third kappa shape index (κ3) is 2.25. The fourth-order valence-corrected chi connectivity index (χ4v) is 2.57. The SMILES string of the molecule is O=S(=O)(O)c1ccc(Br)nc1Br. The molecule has 0 aliphatic carbocycles. The van der Waals surface area contributed by atoms with Crippen molar-refractivity contribution in [3.8, 4) is 0 Å². The molecular formula is C5H3Br2NO3S. The second-order valence-electron chi connectivity index (χ2n) is 1.90. The van der Waals surface area contributed by atoms with Crippen LogP contribution >= 0.6 is 31.9 Å². The third-order valence-electron chi connectivity index (χ3n) is 1.06. The van der Waals surface area contributed by atoms with Gasteiger partial charge in [-0.1, -0.05) is 0 Å². The van der Waals surface area contributed by atoms with Crippen LogP contribution in [0.5, 0.6) is 0 Å². The second kappa shape index (κ2) is 3.41. The molecule has 0 spiro atoms. The second-order valence-corrected chi connectivity index (χ2v) is 4.85. The van der Waals surface area contributed by atoms with Gasteiger partial charge in [0.2, 0.25) is 0 Å². The van der Waals surface area contributed by atoms with Crippen molar-refractivity contribution in [3.63, 3.8) is 0 Å². The van der Waals surface area contributed by atoms with Crippen LogP contribution in [0, 0.1) is 0 Å². The van der Waals surface area contributed by atoms with Gasteiger partial charge in [0.15, 0.2) is 0 Å². The van der Waals surface area contributed by atoms with Gasteiger partial charge in [-0.05, 0) is 44.0 Å². The Labute approximate surface area is 86.0 Å². The summed E-state index contributed by atoms with van der Waals surface area (Å²) in [6.45, 7) is 0. The van der Waals surface area contributed by atoms with E-state index in [-0.39, 0.29) is 9.50 Å². The van der Waals surface area contributed by atoms with Crippen molar-refractivity contribution >= 4 is 42.0 Å². The van der Waals surface area contributed by atoms with Crippen LogP contribution in [0.4, 0.5) is 0 Å². The van der Waals surface area contributed by atoms with Gasteiger partial charge >= 0.3 is 0 Å². The van der Waals surface area contributed by atoms with Gasteiger partial charge in [0.1, 0.15) is 14.1 Å². The van der Waals surface area contributed by atoms with Crippen LogP contribution in [0.2, 0.25) is 0 Å². The summed E-state index contributed by atoms with van der Waals surface area (Å²) in [6, 6.07) is 2.67. The molecule has 0 saturated carbocycles. The smallest absolute Gasteiger partial charge is 0.282 e. The highest BCUT2D eigenvalue weighted by atomic mass is 79.9. The molecule has 0 unspecified atom stereocenters. The van der Waals surface area contributed by atoms with Crippen molar-refractivity contribution in [2.75, 3.05) is 0 Å². The zero-order valence-corrected chi connectivity index (χ0v) is 9.52. The van der Waals surface area contributed by atoms with Crippen LogP contribution in [0.25, 0.3) is 0 Å². The molecule has 1 N–H and O–H groups in total. The minimum atomic E-state index is -4.18. The average Bonchev–Trinajstić information content (AvgIpc) is 1.83. The summed E-state index contributed by atoms with van der Waals surface area (Å²) >= 11 is 5.95. The van der Waals surface area contributed by atoms with Crippen LogP contribution < -0.4 is 0 Å². The molecule has 0 amide bonds. The minimum absolute atomic E-state index is 0.0828. The molecule has 0 fully saturated rings. The number of hydrogen-bond donors (Lipinski definition) is 1. The largest absolute Gasteiger partial charge is 0.297 e. The average molecular weight is 317 g/mol. The normalized spacial score (nSPS) is 11.6. The maximum atomic E-state index is 10.6. The first kappa shape index (κ1) is 10.1. The lowest BCUT2D eigenvalue weighted by Gasteiger charge is -1.98. The minimum Gasteiger partial charge on any atom is -0.282 e. The van der Waals surface area contributed by atoms with Gasteiger partial charge < -0.3 is 0 Å². The Kier molecular flexibility index (Phi) is 2.87. The zero-order valence-electron chi connectivity index (χ0n) is 5.53. The van der Waals surface area contributed by atoms with Gasteiger partial charge in [-0.15, -0.1) is 0 Å². The van der Waals surface area contributed by atoms with Crippen molar-refractivity contribution in [2.45, 2.75) is 4.90 Å². The van der Waals surface area contributed by atoms with E-state index >= 15 is 0 Å². The summed E-state index contributed by atoms with van der Waals surface area (Å²) < 4.78 is 30.5. The van der Waals surface area contributed by atoms with E-state index in [1.165, 1.54) is 12.1 Å². The molecule has 4 nitrogen and oxygen atoms in total. The Morgan fingerprint density at radius 1 is 1.33 bits per heavy atom. The molecule has 0 aliphatic heterocycles. The maximum Gasteiger partial charge on any atom is 0.297 e. The van der Waals surface area contributed by atoms with Gasteiger partial charge in [-0.3, -0.25) is 4.55 Å². The van der Waals surface area contributed by atoms with E-state index in [1.54, 1.807) is 0 Å². The van der Waals surface area contributed by atoms with Crippen LogP contribution in [-0.2, 0) is 10.1 Å². The molecule has 1 aromatic heterocycles. The molecule has 1 rings (SSSR count). The Morgan fingerprint density at radius 2 is 1.92 bits per heavy atom. The molecular weight excluding hydrogens is 314 g/mol. The number of hydrogen-bond acceptors (Lipinski definition) is 3. The quantitative estimate of drug-likeness (QED) is 0.634. The first-order valence-corrected chi connectivity index (χ1v) is 5.73. The van der Waals surface area contributed by atoms with E-state index in [2.05, 4.69) is 36.8 Å². The van der Waals surface area contributed by atoms with Gasteiger partial charge in [0.05, 0.1) is 0 Å². The summed E-state index contributed by atoms with van der Waals surface area (Å²) in [5.74, 6) is 0. The van der Waals surface area contributed by atoms with Crippen molar-refractivity contribution in [1.29, 1.82) is 0 Å². The van der Waals surface area contributed by atoms with Crippen molar-refractivity contribution in [1.82, 2.24) is 4.98 Å². The highest BCUT2D eigenvalue weighted by Crippen LogP contribution is 2.21.